The second-order valence-corrected chi connectivity index (χ2v) is 8.70. The SMILES string of the molecule is CCC(=O)c1cccc(S(=O)(=O)N=S(C)(=O)N(C)C)c1. The first-order chi connectivity index (χ1) is 9.10. The average molecular weight is 318 g/mol. The van der Waals surface area contributed by atoms with Gasteiger partial charge >= 0.3 is 0 Å². The molecule has 1 aromatic rings. The van der Waals surface area contributed by atoms with Gasteiger partial charge in [0.1, 0.15) is 9.92 Å². The van der Waals surface area contributed by atoms with Crippen molar-refractivity contribution in [1.29, 1.82) is 0 Å². The first-order valence-electron chi connectivity index (χ1n) is 5.89. The lowest BCUT2D eigenvalue weighted by Crippen LogP contribution is -2.21. The smallest absolute Gasteiger partial charge is 0.291 e. The zero-order valence-electron chi connectivity index (χ0n) is 11.9. The standard InChI is InChI=1S/C12H18N2O4S2/c1-5-12(15)10-7-6-8-11(9-10)20(17,18)13-19(4,16)14(2)3/h6-9H,5H2,1-4H3. The molecule has 0 amide bonds. The summed E-state index contributed by atoms with van der Waals surface area (Å²) in [6.45, 7) is 1.69. The van der Waals surface area contributed by atoms with Gasteiger partial charge in [0.15, 0.2) is 5.78 Å². The molecule has 0 saturated heterocycles. The Balaban J connectivity index is 3.38. The van der Waals surface area contributed by atoms with E-state index in [1.165, 1.54) is 42.9 Å². The van der Waals surface area contributed by atoms with Gasteiger partial charge in [0.2, 0.25) is 0 Å². The highest BCUT2D eigenvalue weighted by molar-refractivity contribution is 8.01. The Morgan fingerprint density at radius 3 is 2.35 bits per heavy atom. The molecule has 0 radical (unpaired) electrons. The Morgan fingerprint density at radius 2 is 1.85 bits per heavy atom. The molecule has 0 aliphatic rings. The van der Waals surface area contributed by atoms with E-state index in [2.05, 4.69) is 3.77 Å². The van der Waals surface area contributed by atoms with Crippen molar-refractivity contribution >= 4 is 25.7 Å². The van der Waals surface area contributed by atoms with Gasteiger partial charge in [0.05, 0.1) is 4.90 Å². The maximum absolute atomic E-state index is 12.1. The molecule has 20 heavy (non-hydrogen) atoms. The number of carbonyl (C=O) groups excluding carboxylic acids is 1. The topological polar surface area (TPSA) is 83.9 Å². The van der Waals surface area contributed by atoms with E-state index in [0.29, 0.717) is 5.56 Å². The molecule has 0 aliphatic heterocycles. The summed E-state index contributed by atoms with van der Waals surface area (Å²) < 4.78 is 41.0. The van der Waals surface area contributed by atoms with E-state index in [9.17, 15) is 17.4 Å². The van der Waals surface area contributed by atoms with Crippen LogP contribution in [-0.4, -0.2) is 43.1 Å². The molecule has 0 heterocycles. The molecule has 1 aromatic carbocycles. The zero-order valence-corrected chi connectivity index (χ0v) is 13.5. The molecule has 8 heteroatoms. The van der Waals surface area contributed by atoms with E-state index in [1.54, 1.807) is 13.0 Å². The normalized spacial score (nSPS) is 14.8. The molecule has 0 N–H and O–H groups in total. The van der Waals surface area contributed by atoms with Crippen LogP contribution in [-0.2, 0) is 19.9 Å². The molecule has 0 bridgehead atoms. The number of sulfonamides is 1. The highest BCUT2D eigenvalue weighted by Gasteiger charge is 2.18. The lowest BCUT2D eigenvalue weighted by atomic mass is 10.1. The van der Waals surface area contributed by atoms with Crippen LogP contribution in [0.25, 0.3) is 0 Å². The lowest BCUT2D eigenvalue weighted by Gasteiger charge is -2.11. The maximum atomic E-state index is 12.1. The Kier molecular flexibility index (Phi) is 5.06. The molecule has 112 valence electrons. The van der Waals surface area contributed by atoms with Crippen molar-refractivity contribution in [3.8, 4) is 0 Å². The second kappa shape index (κ2) is 6.02. The van der Waals surface area contributed by atoms with Gasteiger partial charge in [-0.2, -0.15) is 8.42 Å². The minimum absolute atomic E-state index is 0.131. The summed E-state index contributed by atoms with van der Waals surface area (Å²) in [6.07, 6.45) is 1.52. The summed E-state index contributed by atoms with van der Waals surface area (Å²) in [5.74, 6) is -0.160. The molecule has 0 spiro atoms. The zero-order chi connectivity index (χ0) is 15.6. The molecular weight excluding hydrogens is 300 g/mol. The minimum atomic E-state index is -4.07. The Labute approximate surface area is 120 Å². The van der Waals surface area contributed by atoms with Gasteiger partial charge in [0.25, 0.3) is 10.0 Å². The molecule has 1 unspecified atom stereocenters. The van der Waals surface area contributed by atoms with Gasteiger partial charge < -0.3 is 0 Å². The van der Waals surface area contributed by atoms with Crippen LogP contribution in [0.4, 0.5) is 0 Å². The van der Waals surface area contributed by atoms with Crippen molar-refractivity contribution in [3.63, 3.8) is 0 Å². The minimum Gasteiger partial charge on any atom is -0.294 e. The van der Waals surface area contributed by atoms with Gasteiger partial charge in [0, 0.05) is 32.3 Å². The Morgan fingerprint density at radius 1 is 1.25 bits per heavy atom. The number of rotatable bonds is 5. The summed E-state index contributed by atoms with van der Waals surface area (Å²) in [6, 6.07) is 5.60. The predicted molar refractivity (Wildman–Crippen MR) is 78.4 cm³/mol. The van der Waals surface area contributed by atoms with E-state index in [1.807, 2.05) is 0 Å². The largest absolute Gasteiger partial charge is 0.294 e. The van der Waals surface area contributed by atoms with Crippen LogP contribution in [0.1, 0.15) is 23.7 Å². The van der Waals surface area contributed by atoms with E-state index >= 15 is 0 Å². The van der Waals surface area contributed by atoms with Gasteiger partial charge in [-0.05, 0) is 12.1 Å². The lowest BCUT2D eigenvalue weighted by molar-refractivity contribution is 0.0988. The number of benzene rings is 1. The number of nitrogens with zero attached hydrogens (tertiary/aromatic N) is 2. The number of carbonyl (C=O) groups is 1. The van der Waals surface area contributed by atoms with Crippen LogP contribution in [0.3, 0.4) is 0 Å². The summed E-state index contributed by atoms with van der Waals surface area (Å²) in [7, 11) is -4.11. The Bertz CT molecular complexity index is 730. The molecule has 1 atom stereocenters. The highest BCUT2D eigenvalue weighted by Crippen LogP contribution is 2.17. The number of ketones is 1. The number of hydrogen-bond donors (Lipinski definition) is 0. The van der Waals surface area contributed by atoms with E-state index < -0.39 is 19.9 Å². The molecule has 1 rings (SSSR count). The third-order valence-corrected chi connectivity index (χ3v) is 6.79. The van der Waals surface area contributed by atoms with E-state index in [4.69, 9.17) is 0 Å². The average Bonchev–Trinajstić information content (AvgIpc) is 2.36. The molecule has 0 saturated carbocycles. The van der Waals surface area contributed by atoms with Gasteiger partial charge in [-0.15, -0.1) is 0 Å². The van der Waals surface area contributed by atoms with Crippen molar-refractivity contribution in [1.82, 2.24) is 4.31 Å². The predicted octanol–water partition coefficient (Wildman–Crippen LogP) is 1.54. The quantitative estimate of drug-likeness (QED) is 0.771. The van der Waals surface area contributed by atoms with Crippen molar-refractivity contribution in [2.45, 2.75) is 18.2 Å². The fraction of sp³-hybridized carbons (Fsp3) is 0.417. The third-order valence-electron chi connectivity index (χ3n) is 2.69. The summed E-state index contributed by atoms with van der Waals surface area (Å²) in [5.41, 5.74) is 0.302. The fourth-order valence-electron chi connectivity index (χ4n) is 1.33. The summed E-state index contributed by atoms with van der Waals surface area (Å²) >= 11 is 0. The number of Topliss-reactive ketones (excluding diaryl/α,β-unsaturated/α-hetero) is 1. The molecule has 0 aliphatic carbocycles. The molecule has 0 fully saturated rings. The van der Waals surface area contributed by atoms with E-state index in [0.717, 1.165) is 0 Å². The van der Waals surface area contributed by atoms with Gasteiger partial charge in [-0.1, -0.05) is 22.8 Å². The monoisotopic (exact) mass is 318 g/mol. The van der Waals surface area contributed by atoms with Crippen LogP contribution < -0.4 is 0 Å². The first-order valence-corrected chi connectivity index (χ1v) is 9.21. The Hall–Kier alpha value is -1.25. The number of hydrogen-bond acceptors (Lipinski definition) is 4. The van der Waals surface area contributed by atoms with Crippen LogP contribution in [0.5, 0.6) is 0 Å². The van der Waals surface area contributed by atoms with Crippen LogP contribution in [0.2, 0.25) is 0 Å². The van der Waals surface area contributed by atoms with Crippen LogP contribution in [0, 0.1) is 0 Å². The van der Waals surface area contributed by atoms with Gasteiger partial charge in [-0.25, -0.2) is 8.51 Å². The maximum Gasteiger partial charge on any atom is 0.291 e. The van der Waals surface area contributed by atoms with Crippen molar-refractivity contribution in [3.05, 3.63) is 29.8 Å². The van der Waals surface area contributed by atoms with Crippen molar-refractivity contribution in [2.24, 2.45) is 3.77 Å². The van der Waals surface area contributed by atoms with Crippen LogP contribution >= 0.6 is 0 Å². The second-order valence-electron chi connectivity index (χ2n) is 4.43. The molecular formula is C12H18N2O4S2. The van der Waals surface area contributed by atoms with Crippen molar-refractivity contribution in [2.75, 3.05) is 20.4 Å². The third kappa shape index (κ3) is 3.87. The molecule has 6 nitrogen and oxygen atoms in total. The first kappa shape index (κ1) is 16.8. The summed E-state index contributed by atoms with van der Waals surface area (Å²) in [5, 5.41) is 0. The summed E-state index contributed by atoms with van der Waals surface area (Å²) in [4.78, 5) is 11.5. The fourth-order valence-corrected chi connectivity index (χ4v) is 4.19. The van der Waals surface area contributed by atoms with Gasteiger partial charge in [-0.3, -0.25) is 4.79 Å². The van der Waals surface area contributed by atoms with Crippen LogP contribution in [0.15, 0.2) is 32.9 Å². The van der Waals surface area contributed by atoms with E-state index in [-0.39, 0.29) is 17.1 Å². The highest BCUT2D eigenvalue weighted by atomic mass is 32.3. The molecule has 0 aromatic heterocycles. The van der Waals surface area contributed by atoms with Crippen molar-refractivity contribution < 1.29 is 17.4 Å².